The van der Waals surface area contributed by atoms with Crippen LogP contribution in [-0.2, 0) is 6.18 Å². The summed E-state index contributed by atoms with van der Waals surface area (Å²) in [5, 5.41) is 2.93. The topological polar surface area (TPSA) is 67.1 Å². The van der Waals surface area contributed by atoms with Crippen molar-refractivity contribution >= 4 is 11.6 Å². The number of likely N-dealkylation sites (N-methyl/N-ethyl adjacent to an activating group) is 1. The summed E-state index contributed by atoms with van der Waals surface area (Å²) >= 11 is 0. The number of nitrogens with two attached hydrogens (primary N) is 1. The number of rotatable bonds is 3. The van der Waals surface area contributed by atoms with E-state index in [1.165, 1.54) is 6.07 Å². The second-order valence-electron chi connectivity index (χ2n) is 5.01. The maximum Gasteiger partial charge on any atom is 0.451 e. The summed E-state index contributed by atoms with van der Waals surface area (Å²) in [5.74, 6) is -1.28. The molecule has 0 bridgehead atoms. The molecule has 1 aromatic heterocycles. The lowest BCUT2D eigenvalue weighted by Crippen LogP contribution is -2.40. The zero-order chi connectivity index (χ0) is 14.8. The highest BCUT2D eigenvalue weighted by molar-refractivity contribution is 5.45. The van der Waals surface area contributed by atoms with Crippen molar-refractivity contribution in [3.05, 3.63) is 11.9 Å². The molecule has 0 radical (unpaired) electrons. The van der Waals surface area contributed by atoms with Gasteiger partial charge in [-0.1, -0.05) is 6.42 Å². The summed E-state index contributed by atoms with van der Waals surface area (Å²) in [6.45, 7) is 1.55. The van der Waals surface area contributed by atoms with E-state index in [0.717, 1.165) is 25.8 Å². The lowest BCUT2D eigenvalue weighted by molar-refractivity contribution is -0.144. The molecule has 0 saturated carbocycles. The van der Waals surface area contributed by atoms with Crippen molar-refractivity contribution in [3.63, 3.8) is 0 Å². The van der Waals surface area contributed by atoms with Crippen molar-refractivity contribution < 1.29 is 13.2 Å². The van der Waals surface area contributed by atoms with Crippen molar-refractivity contribution in [1.82, 2.24) is 14.9 Å². The average Bonchev–Trinajstić information content (AvgIpc) is 2.36. The predicted octanol–water partition coefficient (Wildman–Crippen LogP) is 1.97. The fourth-order valence-electron chi connectivity index (χ4n) is 2.31. The molecule has 1 unspecified atom stereocenters. The number of alkyl halides is 3. The third-order valence-corrected chi connectivity index (χ3v) is 3.44. The SMILES string of the molecule is CN1CCCCC1CNc1cc(N)nc(C(F)(F)F)n1. The van der Waals surface area contributed by atoms with Crippen molar-refractivity contribution in [2.45, 2.75) is 31.5 Å². The number of nitrogen functional groups attached to an aromatic ring is 1. The van der Waals surface area contributed by atoms with Gasteiger partial charge in [0.15, 0.2) is 0 Å². The van der Waals surface area contributed by atoms with Gasteiger partial charge in [0.05, 0.1) is 0 Å². The number of hydrogen-bond acceptors (Lipinski definition) is 5. The number of nitrogens with one attached hydrogen (secondary N) is 1. The largest absolute Gasteiger partial charge is 0.451 e. The lowest BCUT2D eigenvalue weighted by atomic mass is 10.0. The van der Waals surface area contributed by atoms with Gasteiger partial charge in [-0.25, -0.2) is 9.97 Å². The smallest absolute Gasteiger partial charge is 0.384 e. The van der Waals surface area contributed by atoms with E-state index in [4.69, 9.17) is 5.73 Å². The van der Waals surface area contributed by atoms with Crippen LogP contribution in [0.25, 0.3) is 0 Å². The second-order valence-corrected chi connectivity index (χ2v) is 5.01. The molecular weight excluding hydrogens is 271 g/mol. The summed E-state index contributed by atoms with van der Waals surface area (Å²) < 4.78 is 37.8. The van der Waals surface area contributed by atoms with Crippen LogP contribution in [0, 0.1) is 0 Å². The molecule has 1 saturated heterocycles. The minimum absolute atomic E-state index is 0.115. The first-order valence-electron chi connectivity index (χ1n) is 6.52. The third-order valence-electron chi connectivity index (χ3n) is 3.44. The Labute approximate surface area is 115 Å². The maximum absolute atomic E-state index is 12.6. The first kappa shape index (κ1) is 14.8. The fraction of sp³-hybridized carbons (Fsp3) is 0.667. The number of aromatic nitrogens is 2. The molecule has 1 fully saturated rings. The first-order valence-corrected chi connectivity index (χ1v) is 6.52. The molecule has 0 spiro atoms. The van der Waals surface area contributed by atoms with Crippen LogP contribution in [0.15, 0.2) is 6.07 Å². The van der Waals surface area contributed by atoms with Gasteiger partial charge in [0.25, 0.3) is 0 Å². The molecule has 1 aliphatic rings. The van der Waals surface area contributed by atoms with Gasteiger partial charge in [0.1, 0.15) is 11.6 Å². The molecule has 1 atom stereocenters. The molecule has 112 valence electrons. The van der Waals surface area contributed by atoms with Crippen molar-refractivity contribution in [2.75, 3.05) is 31.2 Å². The average molecular weight is 289 g/mol. The predicted molar refractivity (Wildman–Crippen MR) is 70.2 cm³/mol. The molecule has 2 heterocycles. The van der Waals surface area contributed by atoms with E-state index in [1.54, 1.807) is 0 Å². The van der Waals surface area contributed by atoms with Crippen molar-refractivity contribution in [1.29, 1.82) is 0 Å². The van der Waals surface area contributed by atoms with Gasteiger partial charge < -0.3 is 16.0 Å². The van der Waals surface area contributed by atoms with Gasteiger partial charge >= 0.3 is 6.18 Å². The molecule has 8 heteroatoms. The van der Waals surface area contributed by atoms with Crippen LogP contribution < -0.4 is 11.1 Å². The number of halogens is 3. The van der Waals surface area contributed by atoms with Crippen LogP contribution in [-0.4, -0.2) is 41.0 Å². The highest BCUT2D eigenvalue weighted by atomic mass is 19.4. The number of anilines is 2. The van der Waals surface area contributed by atoms with E-state index < -0.39 is 12.0 Å². The van der Waals surface area contributed by atoms with E-state index >= 15 is 0 Å². The van der Waals surface area contributed by atoms with Crippen LogP contribution in [0.4, 0.5) is 24.8 Å². The van der Waals surface area contributed by atoms with Crippen molar-refractivity contribution in [2.24, 2.45) is 0 Å². The monoisotopic (exact) mass is 289 g/mol. The van der Waals surface area contributed by atoms with Gasteiger partial charge in [-0.2, -0.15) is 13.2 Å². The van der Waals surface area contributed by atoms with Gasteiger partial charge in [-0.05, 0) is 26.4 Å². The molecular formula is C12H18F3N5. The number of hydrogen-bond donors (Lipinski definition) is 2. The number of piperidine rings is 1. The normalized spacial score (nSPS) is 20.9. The van der Waals surface area contributed by atoms with Crippen LogP contribution in [0.2, 0.25) is 0 Å². The van der Waals surface area contributed by atoms with Crippen molar-refractivity contribution in [3.8, 4) is 0 Å². The van der Waals surface area contributed by atoms with E-state index in [2.05, 4.69) is 20.2 Å². The Hall–Kier alpha value is -1.57. The molecule has 1 aliphatic heterocycles. The second kappa shape index (κ2) is 5.82. The summed E-state index contributed by atoms with van der Waals surface area (Å²) in [4.78, 5) is 8.87. The Morgan fingerprint density at radius 3 is 2.80 bits per heavy atom. The minimum atomic E-state index is -4.59. The van der Waals surface area contributed by atoms with Crippen LogP contribution >= 0.6 is 0 Å². The minimum Gasteiger partial charge on any atom is -0.384 e. The molecule has 0 aromatic carbocycles. The molecule has 5 nitrogen and oxygen atoms in total. The molecule has 2 rings (SSSR count). The Morgan fingerprint density at radius 2 is 2.15 bits per heavy atom. The van der Waals surface area contributed by atoms with Crippen LogP contribution in [0.5, 0.6) is 0 Å². The summed E-state index contributed by atoms with van der Waals surface area (Å²) in [5.41, 5.74) is 5.39. The highest BCUT2D eigenvalue weighted by Gasteiger charge is 2.35. The van der Waals surface area contributed by atoms with Gasteiger partial charge in [-0.15, -0.1) is 0 Å². The highest BCUT2D eigenvalue weighted by Crippen LogP contribution is 2.27. The Morgan fingerprint density at radius 1 is 1.40 bits per heavy atom. The quantitative estimate of drug-likeness (QED) is 0.890. The Kier molecular flexibility index (Phi) is 4.32. The fourth-order valence-corrected chi connectivity index (χ4v) is 2.31. The van der Waals surface area contributed by atoms with Crippen LogP contribution in [0.1, 0.15) is 25.1 Å². The number of nitrogens with zero attached hydrogens (tertiary/aromatic N) is 3. The zero-order valence-corrected chi connectivity index (χ0v) is 11.2. The molecule has 1 aromatic rings. The van der Waals surface area contributed by atoms with E-state index in [9.17, 15) is 13.2 Å². The summed E-state index contributed by atoms with van der Waals surface area (Å²) in [6.07, 6.45) is -1.27. The van der Waals surface area contributed by atoms with E-state index in [0.29, 0.717) is 12.6 Å². The first-order chi connectivity index (χ1) is 9.36. The maximum atomic E-state index is 12.6. The summed E-state index contributed by atoms with van der Waals surface area (Å²) in [6, 6.07) is 1.62. The Balaban J connectivity index is 2.04. The molecule has 0 amide bonds. The summed E-state index contributed by atoms with van der Waals surface area (Å²) in [7, 11) is 2.01. The van der Waals surface area contributed by atoms with E-state index in [1.807, 2.05) is 7.05 Å². The molecule has 3 N–H and O–H groups in total. The Bertz CT molecular complexity index is 463. The molecule has 0 aliphatic carbocycles. The third kappa shape index (κ3) is 3.72. The van der Waals surface area contributed by atoms with E-state index in [-0.39, 0.29) is 11.6 Å². The molecule has 20 heavy (non-hydrogen) atoms. The van der Waals surface area contributed by atoms with Gasteiger partial charge in [0.2, 0.25) is 5.82 Å². The number of likely N-dealkylation sites (tertiary alicyclic amines) is 1. The zero-order valence-electron chi connectivity index (χ0n) is 11.2. The van der Waals surface area contributed by atoms with Gasteiger partial charge in [-0.3, -0.25) is 0 Å². The lowest BCUT2D eigenvalue weighted by Gasteiger charge is -2.32. The standard InChI is InChI=1S/C12H18F3N5/c1-20-5-3-2-4-8(20)7-17-10-6-9(16)18-11(19-10)12(13,14)15/h6,8H,2-5,7H2,1H3,(H3,16,17,18,19). The van der Waals surface area contributed by atoms with Crippen LogP contribution in [0.3, 0.4) is 0 Å². The van der Waals surface area contributed by atoms with Gasteiger partial charge in [0, 0.05) is 18.7 Å².